The van der Waals surface area contributed by atoms with E-state index in [0.717, 1.165) is 5.56 Å². The topological polar surface area (TPSA) is 46.9 Å². The van der Waals surface area contributed by atoms with Gasteiger partial charge in [0.1, 0.15) is 5.82 Å². The first kappa shape index (κ1) is 15.7. The SMILES string of the molecule is O=C(NCC(c1ccsc1)n1cccn1)c1c(F)cccc1Cl. The molecule has 4 nitrogen and oxygen atoms in total. The Labute approximate surface area is 141 Å². The minimum atomic E-state index is -0.638. The Morgan fingerprint density at radius 3 is 2.91 bits per heavy atom. The molecule has 7 heteroatoms. The second kappa shape index (κ2) is 6.93. The Bertz CT molecular complexity index is 735. The van der Waals surface area contributed by atoms with Crippen LogP contribution in [0.4, 0.5) is 4.39 Å². The maximum absolute atomic E-state index is 13.8. The Morgan fingerprint density at radius 2 is 2.26 bits per heavy atom. The summed E-state index contributed by atoms with van der Waals surface area (Å²) < 4.78 is 15.6. The van der Waals surface area contributed by atoms with Gasteiger partial charge in [0.25, 0.3) is 5.91 Å². The van der Waals surface area contributed by atoms with Crippen LogP contribution in [0, 0.1) is 5.82 Å². The van der Waals surface area contributed by atoms with Crippen LogP contribution in [0.3, 0.4) is 0 Å². The molecule has 118 valence electrons. The van der Waals surface area contributed by atoms with Crippen molar-refractivity contribution < 1.29 is 9.18 Å². The number of rotatable bonds is 5. The van der Waals surface area contributed by atoms with Crippen molar-refractivity contribution >= 4 is 28.8 Å². The second-order valence-electron chi connectivity index (χ2n) is 4.87. The molecule has 23 heavy (non-hydrogen) atoms. The van der Waals surface area contributed by atoms with Crippen molar-refractivity contribution in [3.05, 3.63) is 75.5 Å². The number of benzene rings is 1. The molecule has 1 N–H and O–H groups in total. The maximum atomic E-state index is 13.8. The molecular formula is C16H13ClFN3OS. The van der Waals surface area contributed by atoms with Gasteiger partial charge in [-0.2, -0.15) is 16.4 Å². The lowest BCUT2D eigenvalue weighted by molar-refractivity contribution is 0.0945. The summed E-state index contributed by atoms with van der Waals surface area (Å²) in [6.45, 7) is 0.280. The molecule has 2 aromatic heterocycles. The zero-order valence-corrected chi connectivity index (χ0v) is 13.5. The summed E-state index contributed by atoms with van der Waals surface area (Å²) in [7, 11) is 0. The smallest absolute Gasteiger partial charge is 0.255 e. The molecule has 0 spiro atoms. The van der Waals surface area contributed by atoms with E-state index in [1.165, 1.54) is 18.2 Å². The van der Waals surface area contributed by atoms with Gasteiger partial charge in [0.15, 0.2) is 0 Å². The van der Waals surface area contributed by atoms with Crippen LogP contribution in [0.5, 0.6) is 0 Å². The summed E-state index contributed by atoms with van der Waals surface area (Å²) in [5, 5.41) is 11.0. The van der Waals surface area contributed by atoms with E-state index in [4.69, 9.17) is 11.6 Å². The van der Waals surface area contributed by atoms with E-state index >= 15 is 0 Å². The highest BCUT2D eigenvalue weighted by Crippen LogP contribution is 2.21. The minimum Gasteiger partial charge on any atom is -0.349 e. The molecule has 0 saturated heterocycles. The molecule has 2 heterocycles. The number of amides is 1. The zero-order chi connectivity index (χ0) is 16.2. The lowest BCUT2D eigenvalue weighted by Crippen LogP contribution is -2.32. The largest absolute Gasteiger partial charge is 0.349 e. The fourth-order valence-electron chi connectivity index (χ4n) is 2.29. The van der Waals surface area contributed by atoms with Crippen molar-refractivity contribution in [2.45, 2.75) is 6.04 Å². The van der Waals surface area contributed by atoms with Crippen LogP contribution in [-0.2, 0) is 0 Å². The Hall–Kier alpha value is -2.18. The maximum Gasteiger partial charge on any atom is 0.255 e. The second-order valence-corrected chi connectivity index (χ2v) is 6.05. The Kier molecular flexibility index (Phi) is 4.73. The van der Waals surface area contributed by atoms with Gasteiger partial charge in [-0.25, -0.2) is 4.39 Å². The highest BCUT2D eigenvalue weighted by atomic mass is 35.5. The number of thiophene rings is 1. The molecule has 0 aliphatic rings. The minimum absolute atomic E-state index is 0.0914. The lowest BCUT2D eigenvalue weighted by Gasteiger charge is -2.18. The van der Waals surface area contributed by atoms with Gasteiger partial charge in [-0.1, -0.05) is 17.7 Å². The summed E-state index contributed by atoms with van der Waals surface area (Å²) in [5.74, 6) is -1.18. The van der Waals surface area contributed by atoms with Crippen LogP contribution in [0.25, 0.3) is 0 Å². The summed E-state index contributed by atoms with van der Waals surface area (Å²) in [4.78, 5) is 12.3. The normalized spacial score (nSPS) is 12.1. The number of halogens is 2. The van der Waals surface area contributed by atoms with E-state index in [1.807, 2.05) is 29.1 Å². The van der Waals surface area contributed by atoms with E-state index < -0.39 is 11.7 Å². The third kappa shape index (κ3) is 3.43. The predicted molar refractivity (Wildman–Crippen MR) is 88.4 cm³/mol. The van der Waals surface area contributed by atoms with E-state index in [1.54, 1.807) is 22.2 Å². The third-order valence-electron chi connectivity index (χ3n) is 3.42. The number of carbonyl (C=O) groups excluding carboxylic acids is 1. The zero-order valence-electron chi connectivity index (χ0n) is 11.9. The van der Waals surface area contributed by atoms with Crippen LogP contribution >= 0.6 is 22.9 Å². The number of nitrogens with zero attached hydrogens (tertiary/aromatic N) is 2. The number of nitrogens with one attached hydrogen (secondary N) is 1. The molecule has 0 saturated carbocycles. The van der Waals surface area contributed by atoms with Crippen LogP contribution < -0.4 is 5.32 Å². The molecule has 0 aliphatic heterocycles. The molecule has 1 amide bonds. The van der Waals surface area contributed by atoms with E-state index in [0.29, 0.717) is 0 Å². The standard InChI is InChI=1S/C16H13ClFN3OS/c17-12-3-1-4-13(18)15(12)16(22)19-9-14(11-5-8-23-10-11)21-7-2-6-20-21/h1-8,10,14H,9H2,(H,19,22). The molecule has 3 aromatic rings. The molecule has 1 aromatic carbocycles. The monoisotopic (exact) mass is 349 g/mol. The van der Waals surface area contributed by atoms with Crippen molar-refractivity contribution in [3.63, 3.8) is 0 Å². The molecule has 0 radical (unpaired) electrons. The van der Waals surface area contributed by atoms with Crippen LogP contribution in [0.2, 0.25) is 5.02 Å². The molecule has 0 fully saturated rings. The number of hydrogen-bond acceptors (Lipinski definition) is 3. The van der Waals surface area contributed by atoms with E-state index in [-0.39, 0.29) is 23.2 Å². The van der Waals surface area contributed by atoms with Gasteiger partial charge in [-0.05, 0) is 40.6 Å². The van der Waals surface area contributed by atoms with Crippen molar-refractivity contribution in [2.75, 3.05) is 6.54 Å². The predicted octanol–water partition coefficient (Wildman–Crippen LogP) is 3.76. The first-order valence-electron chi connectivity index (χ1n) is 6.90. The first-order valence-corrected chi connectivity index (χ1v) is 8.22. The van der Waals surface area contributed by atoms with Gasteiger partial charge in [0, 0.05) is 18.9 Å². The van der Waals surface area contributed by atoms with Gasteiger partial charge >= 0.3 is 0 Å². The van der Waals surface area contributed by atoms with E-state index in [9.17, 15) is 9.18 Å². The van der Waals surface area contributed by atoms with Crippen molar-refractivity contribution in [1.82, 2.24) is 15.1 Å². The van der Waals surface area contributed by atoms with Gasteiger partial charge < -0.3 is 5.32 Å². The van der Waals surface area contributed by atoms with Gasteiger partial charge in [0.05, 0.1) is 16.6 Å². The summed E-state index contributed by atoms with van der Waals surface area (Å²) >= 11 is 7.49. The fraction of sp³-hybridized carbons (Fsp3) is 0.125. The average Bonchev–Trinajstić information content (AvgIpc) is 3.21. The third-order valence-corrected chi connectivity index (χ3v) is 4.43. The average molecular weight is 350 g/mol. The molecule has 1 unspecified atom stereocenters. The quantitative estimate of drug-likeness (QED) is 0.762. The Morgan fingerprint density at radius 1 is 1.39 bits per heavy atom. The lowest BCUT2D eigenvalue weighted by atomic mass is 10.1. The van der Waals surface area contributed by atoms with Crippen molar-refractivity contribution in [1.29, 1.82) is 0 Å². The number of hydrogen-bond donors (Lipinski definition) is 1. The van der Waals surface area contributed by atoms with Crippen LogP contribution in [-0.4, -0.2) is 22.2 Å². The molecular weight excluding hydrogens is 337 g/mol. The summed E-state index contributed by atoms with van der Waals surface area (Å²) in [5.41, 5.74) is 0.886. The molecule has 3 rings (SSSR count). The fourth-order valence-corrected chi connectivity index (χ4v) is 3.24. The van der Waals surface area contributed by atoms with E-state index in [2.05, 4.69) is 10.4 Å². The van der Waals surface area contributed by atoms with Gasteiger partial charge in [0.2, 0.25) is 0 Å². The Balaban J connectivity index is 1.78. The van der Waals surface area contributed by atoms with Crippen LogP contribution in [0.15, 0.2) is 53.5 Å². The molecule has 1 atom stereocenters. The first-order chi connectivity index (χ1) is 11.2. The molecule has 0 bridgehead atoms. The highest BCUT2D eigenvalue weighted by molar-refractivity contribution is 7.07. The van der Waals surface area contributed by atoms with Crippen LogP contribution in [0.1, 0.15) is 22.0 Å². The number of aromatic nitrogens is 2. The van der Waals surface area contributed by atoms with Crippen molar-refractivity contribution in [2.24, 2.45) is 0 Å². The summed E-state index contributed by atoms with van der Waals surface area (Å²) in [6, 6.07) is 7.79. The number of carbonyl (C=O) groups is 1. The summed E-state index contributed by atoms with van der Waals surface area (Å²) in [6.07, 6.45) is 3.50. The van der Waals surface area contributed by atoms with Crippen molar-refractivity contribution in [3.8, 4) is 0 Å². The highest BCUT2D eigenvalue weighted by Gasteiger charge is 2.19. The van der Waals surface area contributed by atoms with Gasteiger partial charge in [-0.3, -0.25) is 9.48 Å². The molecule has 0 aliphatic carbocycles. The van der Waals surface area contributed by atoms with Gasteiger partial charge in [-0.15, -0.1) is 0 Å².